The molecule has 7 nitrogen and oxygen atoms in total. The molecule has 0 bridgehead atoms. The van der Waals surface area contributed by atoms with E-state index < -0.39 is 15.8 Å². The highest BCUT2D eigenvalue weighted by molar-refractivity contribution is 7.91. The van der Waals surface area contributed by atoms with Gasteiger partial charge >= 0.3 is 5.97 Å². The molecule has 3 aromatic rings. The van der Waals surface area contributed by atoms with Crippen LogP contribution in [0.3, 0.4) is 0 Å². The second-order valence-corrected chi connectivity index (χ2v) is 8.22. The van der Waals surface area contributed by atoms with Crippen LogP contribution in [0.5, 0.6) is 0 Å². The van der Waals surface area contributed by atoms with Crippen molar-refractivity contribution in [3.63, 3.8) is 0 Å². The molecule has 2 heterocycles. The quantitative estimate of drug-likeness (QED) is 0.698. The number of carboxylic acid groups (broad SMARTS) is 1. The number of sulfone groups is 1. The molecule has 0 fully saturated rings. The summed E-state index contributed by atoms with van der Waals surface area (Å²) in [6.07, 6.45) is 0.734. The molecule has 0 aliphatic carbocycles. The van der Waals surface area contributed by atoms with Crippen molar-refractivity contribution in [2.24, 2.45) is 0 Å². The lowest BCUT2D eigenvalue weighted by atomic mass is 10.1. The molecule has 0 unspecified atom stereocenters. The second-order valence-electron chi connectivity index (χ2n) is 6.34. The Morgan fingerprint density at radius 1 is 1.19 bits per heavy atom. The fourth-order valence-electron chi connectivity index (χ4n) is 3.20. The number of carboxylic acids is 1. The van der Waals surface area contributed by atoms with Gasteiger partial charge in [-0.1, -0.05) is 25.1 Å². The molecule has 3 rings (SSSR count). The van der Waals surface area contributed by atoms with E-state index in [1.807, 2.05) is 13.8 Å². The first-order valence-electron chi connectivity index (χ1n) is 8.67. The Morgan fingerprint density at radius 3 is 2.44 bits per heavy atom. The van der Waals surface area contributed by atoms with Crippen LogP contribution in [0.25, 0.3) is 5.65 Å². The highest BCUT2D eigenvalue weighted by Crippen LogP contribution is 2.29. The largest absolute Gasteiger partial charge is 0.481 e. The van der Waals surface area contributed by atoms with Gasteiger partial charge in [0.05, 0.1) is 10.6 Å². The standard InChI is InChI=1S/C19H21N3O4S/c1-4-16-18(27(25,26)14-8-6-5-7-9-14)19-20-12(2)15(10-11-17(23)24)13(3)22(19)21-16/h5-9H,4,10-11H2,1-3H3,(H,23,24). The van der Waals surface area contributed by atoms with E-state index in [1.54, 1.807) is 37.3 Å². The fraction of sp³-hybridized carbons (Fsp3) is 0.316. The van der Waals surface area contributed by atoms with E-state index in [2.05, 4.69) is 10.1 Å². The summed E-state index contributed by atoms with van der Waals surface area (Å²) in [4.78, 5) is 15.7. The smallest absolute Gasteiger partial charge is 0.303 e. The van der Waals surface area contributed by atoms with Crippen molar-refractivity contribution < 1.29 is 18.3 Å². The first kappa shape index (κ1) is 19.0. The summed E-state index contributed by atoms with van der Waals surface area (Å²) in [6.45, 7) is 5.42. The number of aryl methyl sites for hydroxylation is 3. The van der Waals surface area contributed by atoms with Gasteiger partial charge in [-0.3, -0.25) is 4.79 Å². The first-order valence-corrected chi connectivity index (χ1v) is 10.1. The van der Waals surface area contributed by atoms with Crippen LogP contribution in [-0.4, -0.2) is 34.1 Å². The summed E-state index contributed by atoms with van der Waals surface area (Å²) in [5, 5.41) is 13.4. The third kappa shape index (κ3) is 3.32. The fourth-order valence-corrected chi connectivity index (χ4v) is 4.82. The maximum absolute atomic E-state index is 13.2. The molecule has 1 aromatic carbocycles. The van der Waals surface area contributed by atoms with Crippen molar-refractivity contribution in [1.82, 2.24) is 14.6 Å². The molecule has 142 valence electrons. The van der Waals surface area contributed by atoms with Crippen LogP contribution < -0.4 is 0 Å². The van der Waals surface area contributed by atoms with E-state index in [0.717, 1.165) is 5.56 Å². The predicted octanol–water partition coefficient (Wildman–Crippen LogP) is 2.76. The van der Waals surface area contributed by atoms with Gasteiger partial charge in [0, 0.05) is 17.8 Å². The van der Waals surface area contributed by atoms with Crippen molar-refractivity contribution in [2.45, 2.75) is 49.8 Å². The van der Waals surface area contributed by atoms with E-state index in [4.69, 9.17) is 5.11 Å². The number of aliphatic carboxylic acids is 1. The molecule has 1 N–H and O–H groups in total. The van der Waals surface area contributed by atoms with Crippen molar-refractivity contribution in [3.05, 3.63) is 53.0 Å². The number of aromatic nitrogens is 3. The Hall–Kier alpha value is -2.74. The topological polar surface area (TPSA) is 102 Å². The summed E-state index contributed by atoms with van der Waals surface area (Å²) in [5.74, 6) is -0.893. The molecule has 0 saturated heterocycles. The van der Waals surface area contributed by atoms with Crippen molar-refractivity contribution >= 4 is 21.5 Å². The lowest BCUT2D eigenvalue weighted by Gasteiger charge is -2.11. The highest BCUT2D eigenvalue weighted by atomic mass is 32.2. The van der Waals surface area contributed by atoms with Crippen molar-refractivity contribution in [3.8, 4) is 0 Å². The number of rotatable bonds is 6. The van der Waals surface area contributed by atoms with E-state index in [-0.39, 0.29) is 21.9 Å². The van der Waals surface area contributed by atoms with E-state index >= 15 is 0 Å². The second kappa shape index (κ2) is 7.11. The number of fused-ring (bicyclic) bond motifs is 1. The molecular weight excluding hydrogens is 366 g/mol. The zero-order chi connectivity index (χ0) is 19.8. The maximum Gasteiger partial charge on any atom is 0.303 e. The number of hydrogen-bond donors (Lipinski definition) is 1. The summed E-state index contributed by atoms with van der Waals surface area (Å²) < 4.78 is 28.0. The van der Waals surface area contributed by atoms with Crippen LogP contribution >= 0.6 is 0 Å². The minimum atomic E-state index is -3.78. The van der Waals surface area contributed by atoms with Gasteiger partial charge in [-0.2, -0.15) is 5.10 Å². The van der Waals surface area contributed by atoms with Crippen molar-refractivity contribution in [2.75, 3.05) is 0 Å². The van der Waals surface area contributed by atoms with Crippen LogP contribution in [0.2, 0.25) is 0 Å². The molecule has 0 atom stereocenters. The molecule has 0 amide bonds. The van der Waals surface area contributed by atoms with Gasteiger partial charge in [0.15, 0.2) is 5.65 Å². The van der Waals surface area contributed by atoms with Gasteiger partial charge in [-0.25, -0.2) is 17.9 Å². The molecule has 0 aliphatic heterocycles. The Kier molecular flexibility index (Phi) is 5.01. The predicted molar refractivity (Wildman–Crippen MR) is 99.7 cm³/mol. The Balaban J connectivity index is 2.27. The average Bonchev–Trinajstić information content (AvgIpc) is 3.01. The van der Waals surface area contributed by atoms with Gasteiger partial charge in [-0.15, -0.1) is 0 Å². The summed E-state index contributed by atoms with van der Waals surface area (Å²) in [6, 6.07) is 8.23. The molecule has 0 aliphatic rings. The number of nitrogens with zero attached hydrogens (tertiary/aromatic N) is 3. The molecule has 0 radical (unpaired) electrons. The zero-order valence-electron chi connectivity index (χ0n) is 15.4. The summed E-state index contributed by atoms with van der Waals surface area (Å²) in [5.41, 5.74) is 2.84. The van der Waals surface area contributed by atoms with E-state index in [0.29, 0.717) is 29.9 Å². The number of carbonyl (C=O) groups is 1. The highest BCUT2D eigenvalue weighted by Gasteiger charge is 2.29. The Morgan fingerprint density at radius 2 is 1.85 bits per heavy atom. The SMILES string of the molecule is CCc1nn2c(C)c(CCC(=O)O)c(C)nc2c1S(=O)(=O)c1ccccc1. The van der Waals surface area contributed by atoms with Gasteiger partial charge in [0.2, 0.25) is 9.84 Å². The van der Waals surface area contributed by atoms with Crippen LogP contribution in [0, 0.1) is 13.8 Å². The lowest BCUT2D eigenvalue weighted by Crippen LogP contribution is -2.09. The lowest BCUT2D eigenvalue weighted by molar-refractivity contribution is -0.136. The van der Waals surface area contributed by atoms with Gasteiger partial charge in [0.25, 0.3) is 0 Å². The van der Waals surface area contributed by atoms with Gasteiger partial charge < -0.3 is 5.11 Å². The Bertz CT molecular complexity index is 1120. The molecule has 2 aromatic heterocycles. The zero-order valence-corrected chi connectivity index (χ0v) is 16.2. The van der Waals surface area contributed by atoms with Gasteiger partial charge in [0.1, 0.15) is 4.90 Å². The normalized spacial score (nSPS) is 11.8. The summed E-state index contributed by atoms with van der Waals surface area (Å²) >= 11 is 0. The minimum absolute atomic E-state index is 0.0219. The first-order chi connectivity index (χ1) is 12.8. The molecular formula is C19H21N3O4S. The maximum atomic E-state index is 13.2. The molecule has 0 saturated carbocycles. The van der Waals surface area contributed by atoms with Crippen LogP contribution in [0.15, 0.2) is 40.1 Å². The molecule has 27 heavy (non-hydrogen) atoms. The van der Waals surface area contributed by atoms with Crippen LogP contribution in [0.1, 0.15) is 36.0 Å². The van der Waals surface area contributed by atoms with Gasteiger partial charge in [-0.05, 0) is 44.4 Å². The number of hydrogen-bond acceptors (Lipinski definition) is 5. The van der Waals surface area contributed by atoms with E-state index in [1.165, 1.54) is 4.52 Å². The number of benzene rings is 1. The molecule has 0 spiro atoms. The third-order valence-electron chi connectivity index (χ3n) is 4.60. The Labute approximate surface area is 157 Å². The third-order valence-corrected chi connectivity index (χ3v) is 6.45. The van der Waals surface area contributed by atoms with Crippen LogP contribution in [-0.2, 0) is 27.5 Å². The monoisotopic (exact) mass is 387 g/mol. The van der Waals surface area contributed by atoms with Crippen LogP contribution in [0.4, 0.5) is 0 Å². The minimum Gasteiger partial charge on any atom is -0.481 e. The van der Waals surface area contributed by atoms with E-state index in [9.17, 15) is 13.2 Å². The molecule has 8 heteroatoms. The average molecular weight is 387 g/mol. The summed E-state index contributed by atoms with van der Waals surface area (Å²) in [7, 11) is -3.78. The van der Waals surface area contributed by atoms with Crippen molar-refractivity contribution in [1.29, 1.82) is 0 Å².